The van der Waals surface area contributed by atoms with Gasteiger partial charge in [0.05, 0.1) is 0 Å². The fourth-order valence-electron chi connectivity index (χ4n) is 3.01. The number of hydrogen-bond acceptors (Lipinski definition) is 0. The van der Waals surface area contributed by atoms with E-state index in [4.69, 9.17) is 0 Å². The summed E-state index contributed by atoms with van der Waals surface area (Å²) in [5, 5.41) is 0. The van der Waals surface area contributed by atoms with E-state index < -0.39 is 0 Å². The van der Waals surface area contributed by atoms with Crippen molar-refractivity contribution in [2.75, 3.05) is 0 Å². The van der Waals surface area contributed by atoms with E-state index in [-0.39, 0.29) is 0 Å². The molecule has 0 saturated heterocycles. The summed E-state index contributed by atoms with van der Waals surface area (Å²) >= 11 is 0. The predicted molar refractivity (Wildman–Crippen MR) is 115 cm³/mol. The Hall–Kier alpha value is -2.34. The van der Waals surface area contributed by atoms with E-state index in [1.807, 2.05) is 0 Å². The van der Waals surface area contributed by atoms with E-state index in [1.165, 1.54) is 44.5 Å². The molecule has 0 N–H and O–H groups in total. The van der Waals surface area contributed by atoms with Gasteiger partial charge < -0.3 is 0 Å². The van der Waals surface area contributed by atoms with E-state index in [0.717, 1.165) is 12.8 Å². The molecular weight excluding hydrogens is 312 g/mol. The van der Waals surface area contributed by atoms with E-state index in [0.29, 0.717) is 0 Å². The van der Waals surface area contributed by atoms with Crippen molar-refractivity contribution < 1.29 is 0 Å². The van der Waals surface area contributed by atoms with Crippen LogP contribution in [0.4, 0.5) is 0 Å². The average molecular weight is 345 g/mol. The van der Waals surface area contributed by atoms with Crippen molar-refractivity contribution in [3.63, 3.8) is 0 Å². The Bertz CT molecular complexity index is 787. The first-order valence-electron chi connectivity index (χ1n) is 9.50. The number of hydrogen-bond donors (Lipinski definition) is 0. The molecule has 0 spiro atoms. The molecule has 0 amide bonds. The molecule has 3 rings (SSSR count). The lowest BCUT2D eigenvalue weighted by Crippen LogP contribution is -1.94. The van der Waals surface area contributed by atoms with Crippen molar-refractivity contribution in [1.82, 2.24) is 0 Å². The molecule has 0 heteroatoms. The molecule has 3 aromatic rings. The minimum Gasteiger partial charge on any atom is -0.0617 e. The molecule has 0 fully saturated rings. The van der Waals surface area contributed by atoms with Gasteiger partial charge >= 0.3 is 0 Å². The second-order valence-corrected chi connectivity index (χ2v) is 7.50. The summed E-state index contributed by atoms with van der Waals surface area (Å²) in [4.78, 5) is 0. The topological polar surface area (TPSA) is 0 Å². The molecule has 26 heavy (non-hydrogen) atoms. The largest absolute Gasteiger partial charge is 0.0617 e. The Kier molecular flexibility index (Phi) is 7.21. The molecule has 136 valence electrons. The van der Waals surface area contributed by atoms with Crippen LogP contribution in [0.3, 0.4) is 0 Å². The molecular formula is C26H32. The highest BCUT2D eigenvalue weighted by molar-refractivity contribution is 5.33. The van der Waals surface area contributed by atoms with Gasteiger partial charge in [0.1, 0.15) is 0 Å². The van der Waals surface area contributed by atoms with Crippen LogP contribution in [0.15, 0.2) is 60.7 Å². The fourth-order valence-corrected chi connectivity index (χ4v) is 3.01. The average Bonchev–Trinajstić information content (AvgIpc) is 2.59. The Labute approximate surface area is 159 Å². The summed E-state index contributed by atoms with van der Waals surface area (Å²) in [5.41, 5.74) is 11.1. The summed E-state index contributed by atoms with van der Waals surface area (Å²) < 4.78 is 0. The molecule has 0 heterocycles. The molecule has 0 unspecified atom stereocenters. The normalized spacial score (nSPS) is 10.2. The molecule has 0 atom stereocenters. The monoisotopic (exact) mass is 344 g/mol. The van der Waals surface area contributed by atoms with Crippen LogP contribution < -0.4 is 0 Å². The maximum absolute atomic E-state index is 2.32. The van der Waals surface area contributed by atoms with Gasteiger partial charge in [-0.3, -0.25) is 0 Å². The number of aryl methyl sites for hydroxylation is 8. The van der Waals surface area contributed by atoms with Crippen LogP contribution in [0.2, 0.25) is 0 Å². The molecule has 0 aliphatic heterocycles. The van der Waals surface area contributed by atoms with Crippen LogP contribution in [0.1, 0.15) is 44.5 Å². The molecule has 0 bridgehead atoms. The summed E-state index contributed by atoms with van der Waals surface area (Å²) in [5.74, 6) is 0. The maximum Gasteiger partial charge on any atom is -0.0238 e. The minimum absolute atomic E-state index is 1.13. The molecule has 0 aliphatic rings. The first-order chi connectivity index (χ1) is 12.3. The van der Waals surface area contributed by atoms with Gasteiger partial charge in [-0.25, -0.2) is 0 Å². The van der Waals surface area contributed by atoms with Crippen LogP contribution in [-0.2, 0) is 12.8 Å². The smallest absolute Gasteiger partial charge is 0.0238 e. The highest BCUT2D eigenvalue weighted by atomic mass is 14.1. The summed E-state index contributed by atoms with van der Waals surface area (Å²) in [6.07, 6.45) is 2.26. The zero-order valence-electron chi connectivity index (χ0n) is 17.2. The van der Waals surface area contributed by atoms with Gasteiger partial charge in [0, 0.05) is 0 Å². The number of benzene rings is 3. The molecule has 0 aromatic heterocycles. The standard InChI is InChI=1S/C18H22.C8H10/c1-13-5-7-17(11-15(13)3)9-10-18-8-6-14(2)16(4)12-18;1-7-4-3-5-8(2)6-7/h5-8,11-12H,9-10H2,1-4H3;3-6H,1-2H3. The lowest BCUT2D eigenvalue weighted by molar-refractivity contribution is 0.953. The van der Waals surface area contributed by atoms with E-state index in [2.05, 4.69) is 102 Å². The quantitative estimate of drug-likeness (QED) is 0.479. The fraction of sp³-hybridized carbons (Fsp3) is 0.308. The summed E-state index contributed by atoms with van der Waals surface area (Å²) in [6.45, 7) is 12.9. The van der Waals surface area contributed by atoms with Crippen LogP contribution in [0.25, 0.3) is 0 Å². The van der Waals surface area contributed by atoms with Gasteiger partial charge in [0.25, 0.3) is 0 Å². The van der Waals surface area contributed by atoms with Crippen LogP contribution >= 0.6 is 0 Å². The van der Waals surface area contributed by atoms with Gasteiger partial charge in [-0.05, 0) is 87.8 Å². The van der Waals surface area contributed by atoms with Gasteiger partial charge in [-0.1, -0.05) is 71.8 Å². The van der Waals surface area contributed by atoms with Crippen molar-refractivity contribution in [2.45, 2.75) is 54.4 Å². The zero-order chi connectivity index (χ0) is 19.1. The van der Waals surface area contributed by atoms with Crippen molar-refractivity contribution in [2.24, 2.45) is 0 Å². The molecule has 0 nitrogen and oxygen atoms in total. The third-order valence-electron chi connectivity index (χ3n) is 5.02. The molecule has 0 radical (unpaired) electrons. The first kappa shape index (κ1) is 20.0. The SMILES string of the molecule is Cc1ccc(CCc2ccc(C)c(C)c2)cc1C.Cc1cccc(C)c1. The van der Waals surface area contributed by atoms with Gasteiger partial charge in [-0.15, -0.1) is 0 Å². The second-order valence-electron chi connectivity index (χ2n) is 7.50. The Morgan fingerprint density at radius 1 is 0.462 bits per heavy atom. The zero-order valence-corrected chi connectivity index (χ0v) is 17.2. The third-order valence-corrected chi connectivity index (χ3v) is 5.02. The van der Waals surface area contributed by atoms with Gasteiger partial charge in [0.15, 0.2) is 0 Å². The van der Waals surface area contributed by atoms with Gasteiger partial charge in [0.2, 0.25) is 0 Å². The van der Waals surface area contributed by atoms with Crippen molar-refractivity contribution in [3.05, 3.63) is 105 Å². The van der Waals surface area contributed by atoms with E-state index in [9.17, 15) is 0 Å². The Balaban J connectivity index is 0.000000254. The van der Waals surface area contributed by atoms with E-state index in [1.54, 1.807) is 0 Å². The van der Waals surface area contributed by atoms with Crippen LogP contribution in [0, 0.1) is 41.5 Å². The third kappa shape index (κ3) is 6.19. The molecule has 0 aliphatic carbocycles. The van der Waals surface area contributed by atoms with Crippen LogP contribution in [-0.4, -0.2) is 0 Å². The summed E-state index contributed by atoms with van der Waals surface area (Å²) in [7, 11) is 0. The predicted octanol–water partition coefficient (Wildman–Crippen LogP) is 7.01. The first-order valence-corrected chi connectivity index (χ1v) is 9.50. The second kappa shape index (κ2) is 9.38. The number of rotatable bonds is 3. The van der Waals surface area contributed by atoms with Crippen molar-refractivity contribution in [3.8, 4) is 0 Å². The van der Waals surface area contributed by atoms with Crippen LogP contribution in [0.5, 0.6) is 0 Å². The lowest BCUT2D eigenvalue weighted by Gasteiger charge is -2.07. The maximum atomic E-state index is 2.32. The summed E-state index contributed by atoms with van der Waals surface area (Å²) in [6, 6.07) is 22.0. The van der Waals surface area contributed by atoms with E-state index >= 15 is 0 Å². The minimum atomic E-state index is 1.13. The highest BCUT2D eigenvalue weighted by Gasteiger charge is 2.00. The van der Waals surface area contributed by atoms with Gasteiger partial charge in [-0.2, -0.15) is 0 Å². The Morgan fingerprint density at radius 3 is 1.19 bits per heavy atom. The molecule has 0 saturated carbocycles. The highest BCUT2D eigenvalue weighted by Crippen LogP contribution is 2.15. The Morgan fingerprint density at radius 2 is 0.885 bits per heavy atom. The van der Waals surface area contributed by atoms with Crippen molar-refractivity contribution >= 4 is 0 Å². The van der Waals surface area contributed by atoms with Crippen molar-refractivity contribution in [1.29, 1.82) is 0 Å². The lowest BCUT2D eigenvalue weighted by atomic mass is 9.98. The molecule has 3 aromatic carbocycles.